The number of aliphatic imine (C=N–C) groups is 1. The SMILES string of the molecule is CC(C)=CCCC(C)=CCC1(N(C)c2ccc(C)cc2)N=C(N)c2ccccc2N1. The van der Waals surface area contributed by atoms with Gasteiger partial charge in [0, 0.05) is 30.4 Å². The van der Waals surface area contributed by atoms with Crippen molar-refractivity contribution >= 4 is 17.2 Å². The molecule has 0 radical (unpaired) electrons. The van der Waals surface area contributed by atoms with Crippen LogP contribution in [-0.4, -0.2) is 18.7 Å². The minimum absolute atomic E-state index is 0.568. The zero-order chi connectivity index (χ0) is 21.7. The molecule has 3 N–H and O–H groups in total. The van der Waals surface area contributed by atoms with E-state index in [4.69, 9.17) is 10.7 Å². The minimum atomic E-state index is -0.675. The maximum atomic E-state index is 6.44. The van der Waals surface area contributed by atoms with Gasteiger partial charge in [-0.15, -0.1) is 0 Å². The van der Waals surface area contributed by atoms with Gasteiger partial charge in [0.05, 0.1) is 0 Å². The second kappa shape index (κ2) is 9.21. The van der Waals surface area contributed by atoms with E-state index >= 15 is 0 Å². The fourth-order valence-corrected chi connectivity index (χ4v) is 3.70. The molecular formula is C26H34N4. The van der Waals surface area contributed by atoms with Gasteiger partial charge in [-0.3, -0.25) is 0 Å². The number of benzene rings is 2. The number of anilines is 2. The highest BCUT2D eigenvalue weighted by Crippen LogP contribution is 2.34. The second-order valence-electron chi connectivity index (χ2n) is 8.45. The van der Waals surface area contributed by atoms with E-state index in [9.17, 15) is 0 Å². The van der Waals surface area contributed by atoms with Gasteiger partial charge in [0.25, 0.3) is 0 Å². The molecule has 2 aromatic carbocycles. The maximum Gasteiger partial charge on any atom is 0.213 e. The Labute approximate surface area is 181 Å². The molecule has 0 fully saturated rings. The number of allylic oxidation sites excluding steroid dienone is 3. The first kappa shape index (κ1) is 21.7. The van der Waals surface area contributed by atoms with Crippen LogP contribution >= 0.6 is 0 Å². The van der Waals surface area contributed by atoms with Crippen LogP contribution in [0.4, 0.5) is 11.4 Å². The minimum Gasteiger partial charge on any atom is -0.383 e. The number of hydrogen-bond donors (Lipinski definition) is 2. The lowest BCUT2D eigenvalue weighted by molar-refractivity contribution is 0.479. The van der Waals surface area contributed by atoms with Crippen molar-refractivity contribution in [2.24, 2.45) is 10.7 Å². The van der Waals surface area contributed by atoms with Crippen molar-refractivity contribution in [3.05, 3.63) is 83.0 Å². The normalized spacial score (nSPS) is 18.2. The maximum absolute atomic E-state index is 6.44. The van der Waals surface area contributed by atoms with E-state index < -0.39 is 5.79 Å². The highest BCUT2D eigenvalue weighted by molar-refractivity contribution is 6.04. The highest BCUT2D eigenvalue weighted by Gasteiger charge is 2.37. The molecule has 0 saturated carbocycles. The smallest absolute Gasteiger partial charge is 0.213 e. The lowest BCUT2D eigenvalue weighted by Crippen LogP contribution is -2.54. The average molecular weight is 403 g/mol. The number of amidine groups is 1. The summed E-state index contributed by atoms with van der Waals surface area (Å²) in [5.41, 5.74) is 13.5. The number of fused-ring (bicyclic) bond motifs is 1. The van der Waals surface area contributed by atoms with E-state index in [1.54, 1.807) is 0 Å². The Balaban J connectivity index is 1.95. The summed E-state index contributed by atoms with van der Waals surface area (Å²) < 4.78 is 0. The van der Waals surface area contributed by atoms with Gasteiger partial charge >= 0.3 is 0 Å². The van der Waals surface area contributed by atoms with Gasteiger partial charge in [0.1, 0.15) is 5.84 Å². The van der Waals surface area contributed by atoms with Crippen molar-refractivity contribution < 1.29 is 0 Å². The molecule has 1 unspecified atom stereocenters. The Kier molecular flexibility index (Phi) is 6.66. The van der Waals surface area contributed by atoms with Crippen LogP contribution in [0, 0.1) is 6.92 Å². The van der Waals surface area contributed by atoms with Crippen LogP contribution in [0.2, 0.25) is 0 Å². The molecule has 0 bridgehead atoms. The van der Waals surface area contributed by atoms with Crippen molar-refractivity contribution in [2.45, 2.75) is 52.7 Å². The fraction of sp³-hybridized carbons (Fsp3) is 0.346. The van der Waals surface area contributed by atoms with Gasteiger partial charge in [-0.25, -0.2) is 4.99 Å². The molecule has 4 heteroatoms. The van der Waals surface area contributed by atoms with Gasteiger partial charge in [-0.05, 0) is 64.8 Å². The number of nitrogens with one attached hydrogen (secondary N) is 1. The van der Waals surface area contributed by atoms with Crippen LogP contribution < -0.4 is 16.0 Å². The molecule has 158 valence electrons. The molecular weight excluding hydrogens is 368 g/mol. The third-order valence-corrected chi connectivity index (χ3v) is 5.65. The van der Waals surface area contributed by atoms with Crippen LogP contribution in [-0.2, 0) is 0 Å². The van der Waals surface area contributed by atoms with E-state index in [2.05, 4.69) is 87.4 Å². The van der Waals surface area contributed by atoms with Crippen LogP contribution in [0.15, 0.2) is 76.8 Å². The first-order valence-corrected chi connectivity index (χ1v) is 10.6. The predicted molar refractivity (Wildman–Crippen MR) is 130 cm³/mol. The molecule has 0 saturated heterocycles. The van der Waals surface area contributed by atoms with Gasteiger partial charge in [-0.2, -0.15) is 0 Å². The summed E-state index contributed by atoms with van der Waals surface area (Å²) in [6.07, 6.45) is 7.41. The summed E-state index contributed by atoms with van der Waals surface area (Å²) in [6, 6.07) is 16.6. The van der Waals surface area contributed by atoms with Crippen LogP contribution in [0.1, 0.15) is 51.2 Å². The van der Waals surface area contributed by atoms with Crippen molar-refractivity contribution in [1.29, 1.82) is 0 Å². The van der Waals surface area contributed by atoms with Crippen molar-refractivity contribution in [3.63, 3.8) is 0 Å². The van der Waals surface area contributed by atoms with E-state index in [0.29, 0.717) is 12.3 Å². The van der Waals surface area contributed by atoms with Crippen LogP contribution in [0.5, 0.6) is 0 Å². The number of nitrogens with zero attached hydrogens (tertiary/aromatic N) is 2. The molecule has 0 aromatic heterocycles. The molecule has 0 aliphatic carbocycles. The summed E-state index contributed by atoms with van der Waals surface area (Å²) in [5, 5.41) is 3.69. The highest BCUT2D eigenvalue weighted by atomic mass is 15.4. The first-order chi connectivity index (χ1) is 14.3. The predicted octanol–water partition coefficient (Wildman–Crippen LogP) is 6.00. The van der Waals surface area contributed by atoms with Gasteiger partial charge in [0.15, 0.2) is 0 Å². The zero-order valence-electron chi connectivity index (χ0n) is 18.9. The zero-order valence-corrected chi connectivity index (χ0v) is 18.9. The Morgan fingerprint density at radius 2 is 1.77 bits per heavy atom. The largest absolute Gasteiger partial charge is 0.383 e. The number of aryl methyl sites for hydroxylation is 1. The standard InChI is InChI=1S/C26H34N4/c1-19(2)9-8-10-20(3)17-18-26(30(5)22-15-13-21(4)14-16-22)28-24-12-7-6-11-23(24)25(27)29-26/h6-7,9,11-17,28H,8,10,18H2,1-5H3,(H2,27,29). The molecule has 3 rings (SSSR count). The van der Waals surface area contributed by atoms with E-state index in [0.717, 1.165) is 29.8 Å². The first-order valence-electron chi connectivity index (χ1n) is 10.6. The molecule has 1 atom stereocenters. The fourth-order valence-electron chi connectivity index (χ4n) is 3.70. The molecule has 30 heavy (non-hydrogen) atoms. The van der Waals surface area contributed by atoms with E-state index in [-0.39, 0.29) is 0 Å². The van der Waals surface area contributed by atoms with E-state index in [1.165, 1.54) is 16.7 Å². The molecule has 0 amide bonds. The monoisotopic (exact) mass is 402 g/mol. The molecule has 1 aliphatic rings. The number of nitrogens with two attached hydrogens (primary N) is 1. The number of para-hydroxylation sites is 1. The second-order valence-corrected chi connectivity index (χ2v) is 8.45. The average Bonchev–Trinajstić information content (AvgIpc) is 2.72. The third-order valence-electron chi connectivity index (χ3n) is 5.65. The third kappa shape index (κ3) is 4.93. The summed E-state index contributed by atoms with van der Waals surface area (Å²) in [7, 11) is 2.08. The molecule has 2 aromatic rings. The Hall–Kier alpha value is -3.01. The summed E-state index contributed by atoms with van der Waals surface area (Å²) in [6.45, 7) is 8.59. The van der Waals surface area contributed by atoms with Crippen LogP contribution in [0.25, 0.3) is 0 Å². The molecule has 1 heterocycles. The van der Waals surface area contributed by atoms with Crippen molar-refractivity contribution in [1.82, 2.24) is 0 Å². The van der Waals surface area contributed by atoms with E-state index in [1.807, 2.05) is 18.2 Å². The quantitative estimate of drug-likeness (QED) is 0.559. The Morgan fingerprint density at radius 1 is 1.07 bits per heavy atom. The summed E-state index contributed by atoms with van der Waals surface area (Å²) in [5.74, 6) is -0.107. The number of hydrogen-bond acceptors (Lipinski definition) is 4. The van der Waals surface area contributed by atoms with Crippen LogP contribution in [0.3, 0.4) is 0 Å². The van der Waals surface area contributed by atoms with Crippen molar-refractivity contribution in [2.75, 3.05) is 17.3 Å². The summed E-state index contributed by atoms with van der Waals surface area (Å²) >= 11 is 0. The van der Waals surface area contributed by atoms with Gasteiger partial charge < -0.3 is 16.0 Å². The molecule has 4 nitrogen and oxygen atoms in total. The molecule has 1 aliphatic heterocycles. The van der Waals surface area contributed by atoms with Gasteiger partial charge in [0.2, 0.25) is 5.79 Å². The Bertz CT molecular complexity index is 965. The Morgan fingerprint density at radius 3 is 2.47 bits per heavy atom. The topological polar surface area (TPSA) is 53.6 Å². The molecule has 0 spiro atoms. The lowest BCUT2D eigenvalue weighted by atomic mass is 10.0. The lowest BCUT2D eigenvalue weighted by Gasteiger charge is -2.43. The number of rotatable bonds is 7. The van der Waals surface area contributed by atoms with Crippen molar-refractivity contribution in [3.8, 4) is 0 Å². The summed E-state index contributed by atoms with van der Waals surface area (Å²) in [4.78, 5) is 7.18. The van der Waals surface area contributed by atoms with Gasteiger partial charge in [-0.1, -0.05) is 53.1 Å².